The van der Waals surface area contributed by atoms with E-state index in [0.29, 0.717) is 19.6 Å². The van der Waals surface area contributed by atoms with Crippen LogP contribution in [0.4, 0.5) is 0 Å². The fourth-order valence-electron chi connectivity index (χ4n) is 3.24. The van der Waals surface area contributed by atoms with E-state index in [4.69, 9.17) is 14.9 Å². The van der Waals surface area contributed by atoms with E-state index in [-0.39, 0.29) is 29.3 Å². The van der Waals surface area contributed by atoms with Gasteiger partial charge in [-0.3, -0.25) is 0 Å². The molecule has 7 nitrogen and oxygen atoms in total. The van der Waals surface area contributed by atoms with Crippen LogP contribution >= 0.6 is 0 Å². The Morgan fingerprint density at radius 3 is 2.62 bits per heavy atom. The van der Waals surface area contributed by atoms with Crippen molar-refractivity contribution in [3.63, 3.8) is 0 Å². The number of sulfonamides is 1. The zero-order valence-corrected chi connectivity index (χ0v) is 15.3. The van der Waals surface area contributed by atoms with E-state index in [1.165, 1.54) is 16.4 Å². The average molecular weight is 378 g/mol. The summed E-state index contributed by atoms with van der Waals surface area (Å²) in [5.74, 6) is -0.765. The molecule has 1 aromatic carbocycles. The van der Waals surface area contributed by atoms with Gasteiger partial charge in [0.2, 0.25) is 10.9 Å². The molecule has 0 spiro atoms. The van der Waals surface area contributed by atoms with Crippen molar-refractivity contribution in [2.75, 3.05) is 26.2 Å². The SMILES string of the molecule is CCOC(=O)c1ccc(S(=O)(=O)N2C[C@@H](CN)[C@H](c3ccccc3)C2)o1. The molecule has 2 aromatic rings. The first-order valence-corrected chi connectivity index (χ1v) is 9.93. The maximum atomic E-state index is 12.9. The Morgan fingerprint density at radius 1 is 1.23 bits per heavy atom. The number of carbonyl (C=O) groups is 1. The highest BCUT2D eigenvalue weighted by molar-refractivity contribution is 7.89. The highest BCUT2D eigenvalue weighted by Gasteiger charge is 2.40. The van der Waals surface area contributed by atoms with Crippen LogP contribution in [0.15, 0.2) is 52.0 Å². The van der Waals surface area contributed by atoms with Crippen molar-refractivity contribution in [1.29, 1.82) is 0 Å². The van der Waals surface area contributed by atoms with E-state index in [0.717, 1.165) is 5.56 Å². The predicted octanol–water partition coefficient (Wildman–Crippen LogP) is 1.82. The Morgan fingerprint density at radius 2 is 1.96 bits per heavy atom. The topological polar surface area (TPSA) is 103 Å². The maximum Gasteiger partial charge on any atom is 0.374 e. The van der Waals surface area contributed by atoms with E-state index in [1.807, 2.05) is 30.3 Å². The summed E-state index contributed by atoms with van der Waals surface area (Å²) in [5.41, 5.74) is 6.94. The number of rotatable bonds is 6. The minimum absolute atomic E-state index is 0.0201. The molecule has 1 aliphatic heterocycles. The van der Waals surface area contributed by atoms with Gasteiger partial charge in [0.15, 0.2) is 0 Å². The molecule has 1 aromatic heterocycles. The first-order valence-electron chi connectivity index (χ1n) is 8.49. The quantitative estimate of drug-likeness (QED) is 0.769. The van der Waals surface area contributed by atoms with Crippen LogP contribution in [-0.2, 0) is 14.8 Å². The number of carbonyl (C=O) groups excluding carboxylic acids is 1. The highest BCUT2D eigenvalue weighted by Crippen LogP contribution is 2.35. The number of esters is 1. The molecule has 1 aliphatic rings. The number of nitrogens with two attached hydrogens (primary N) is 1. The van der Waals surface area contributed by atoms with Gasteiger partial charge in [0.1, 0.15) is 0 Å². The first-order chi connectivity index (χ1) is 12.5. The largest absolute Gasteiger partial charge is 0.460 e. The van der Waals surface area contributed by atoms with E-state index in [9.17, 15) is 13.2 Å². The summed E-state index contributed by atoms with van der Waals surface area (Å²) in [6.07, 6.45) is 0. The van der Waals surface area contributed by atoms with Gasteiger partial charge in [-0.25, -0.2) is 13.2 Å². The van der Waals surface area contributed by atoms with Crippen molar-refractivity contribution in [1.82, 2.24) is 4.31 Å². The van der Waals surface area contributed by atoms with Crippen LogP contribution < -0.4 is 5.73 Å². The maximum absolute atomic E-state index is 12.9. The lowest BCUT2D eigenvalue weighted by molar-refractivity contribution is 0.0483. The van der Waals surface area contributed by atoms with Crippen molar-refractivity contribution in [2.24, 2.45) is 11.7 Å². The molecule has 140 valence electrons. The third-order valence-corrected chi connectivity index (χ3v) is 6.30. The van der Waals surface area contributed by atoms with Gasteiger partial charge in [0.25, 0.3) is 10.0 Å². The summed E-state index contributed by atoms with van der Waals surface area (Å²) in [6.45, 7) is 2.87. The molecule has 0 radical (unpaired) electrons. The van der Waals surface area contributed by atoms with Crippen molar-refractivity contribution < 1.29 is 22.4 Å². The molecule has 0 amide bonds. The average Bonchev–Trinajstić information content (AvgIpc) is 3.30. The summed E-state index contributed by atoms with van der Waals surface area (Å²) < 4.78 is 37.3. The molecule has 3 rings (SSSR count). The Bertz CT molecular complexity index is 863. The smallest absolute Gasteiger partial charge is 0.374 e. The van der Waals surface area contributed by atoms with E-state index >= 15 is 0 Å². The fourth-order valence-corrected chi connectivity index (χ4v) is 4.68. The molecule has 26 heavy (non-hydrogen) atoms. The lowest BCUT2D eigenvalue weighted by Crippen LogP contribution is -2.29. The number of hydrogen-bond donors (Lipinski definition) is 1. The zero-order valence-electron chi connectivity index (χ0n) is 14.5. The normalized spacial score (nSPS) is 21.0. The van der Waals surface area contributed by atoms with Crippen LogP contribution in [0.1, 0.15) is 29.0 Å². The molecule has 2 atom stereocenters. The van der Waals surface area contributed by atoms with E-state index in [1.54, 1.807) is 6.92 Å². The highest BCUT2D eigenvalue weighted by atomic mass is 32.2. The zero-order chi connectivity index (χ0) is 18.7. The van der Waals surface area contributed by atoms with Crippen LogP contribution in [0.2, 0.25) is 0 Å². The second kappa shape index (κ2) is 7.61. The van der Waals surface area contributed by atoms with Gasteiger partial charge in [-0.1, -0.05) is 30.3 Å². The van der Waals surface area contributed by atoms with Gasteiger partial charge in [-0.2, -0.15) is 4.31 Å². The fraction of sp³-hybridized carbons (Fsp3) is 0.389. The van der Waals surface area contributed by atoms with Gasteiger partial charge in [0, 0.05) is 19.0 Å². The van der Waals surface area contributed by atoms with Gasteiger partial charge in [-0.05, 0) is 37.1 Å². The molecule has 1 saturated heterocycles. The minimum Gasteiger partial charge on any atom is -0.460 e. The van der Waals surface area contributed by atoms with Gasteiger partial charge >= 0.3 is 5.97 Å². The first kappa shape index (κ1) is 18.6. The lowest BCUT2D eigenvalue weighted by Gasteiger charge is -2.16. The Labute approximate surface area is 152 Å². The molecule has 2 heterocycles. The summed E-state index contributed by atoms with van der Waals surface area (Å²) in [7, 11) is -3.85. The summed E-state index contributed by atoms with van der Waals surface area (Å²) >= 11 is 0. The Hall–Kier alpha value is -2.16. The second-order valence-electron chi connectivity index (χ2n) is 6.17. The minimum atomic E-state index is -3.85. The molecule has 0 bridgehead atoms. The van der Waals surface area contributed by atoms with Gasteiger partial charge in [0.05, 0.1) is 6.61 Å². The van der Waals surface area contributed by atoms with E-state index < -0.39 is 16.0 Å². The van der Waals surface area contributed by atoms with Crippen molar-refractivity contribution in [2.45, 2.75) is 17.9 Å². The van der Waals surface area contributed by atoms with Gasteiger partial charge < -0.3 is 14.9 Å². The predicted molar refractivity (Wildman–Crippen MR) is 95.2 cm³/mol. The number of nitrogens with zero attached hydrogens (tertiary/aromatic N) is 1. The summed E-state index contributed by atoms with van der Waals surface area (Å²) in [6, 6.07) is 12.3. The molecular formula is C18H22N2O5S. The molecular weight excluding hydrogens is 356 g/mol. The molecule has 2 N–H and O–H groups in total. The van der Waals surface area contributed by atoms with Crippen LogP contribution in [-0.4, -0.2) is 44.9 Å². The number of ether oxygens (including phenoxy) is 1. The van der Waals surface area contributed by atoms with Crippen molar-refractivity contribution in [3.05, 3.63) is 53.8 Å². The molecule has 0 saturated carbocycles. The Balaban J connectivity index is 1.83. The monoisotopic (exact) mass is 378 g/mol. The molecule has 0 unspecified atom stereocenters. The molecule has 1 fully saturated rings. The third-order valence-electron chi connectivity index (χ3n) is 4.59. The summed E-state index contributed by atoms with van der Waals surface area (Å²) in [4.78, 5) is 11.7. The third kappa shape index (κ3) is 3.53. The van der Waals surface area contributed by atoms with E-state index in [2.05, 4.69) is 0 Å². The van der Waals surface area contributed by atoms with Crippen molar-refractivity contribution in [3.8, 4) is 0 Å². The number of furan rings is 1. The lowest BCUT2D eigenvalue weighted by atomic mass is 9.89. The molecule has 8 heteroatoms. The van der Waals surface area contributed by atoms with Crippen molar-refractivity contribution >= 4 is 16.0 Å². The molecule has 0 aliphatic carbocycles. The Kier molecular flexibility index (Phi) is 5.45. The van der Waals surface area contributed by atoms with Crippen LogP contribution in [0.3, 0.4) is 0 Å². The number of benzene rings is 1. The standard InChI is InChI=1S/C18H22N2O5S/c1-2-24-18(21)16-8-9-17(25-16)26(22,23)20-11-14(10-19)15(12-20)13-6-4-3-5-7-13/h3-9,14-15H,2,10-12,19H2,1H3/t14-,15+/m1/s1. The summed E-state index contributed by atoms with van der Waals surface area (Å²) in [5, 5.41) is -0.259. The van der Waals surface area contributed by atoms with Crippen LogP contribution in [0.25, 0.3) is 0 Å². The second-order valence-corrected chi connectivity index (χ2v) is 8.04. The number of hydrogen-bond acceptors (Lipinski definition) is 6. The van der Waals surface area contributed by atoms with Crippen LogP contribution in [0, 0.1) is 5.92 Å². The van der Waals surface area contributed by atoms with Gasteiger partial charge in [-0.15, -0.1) is 0 Å². The van der Waals surface area contributed by atoms with Crippen LogP contribution in [0.5, 0.6) is 0 Å².